The van der Waals surface area contributed by atoms with Crippen LogP contribution in [0.5, 0.6) is 0 Å². The Kier molecular flexibility index (Phi) is 7.01. The van der Waals surface area contributed by atoms with Gasteiger partial charge in [-0.15, -0.1) is 0 Å². The number of carbonyl (C=O) groups excluding carboxylic acids is 3. The highest BCUT2D eigenvalue weighted by atomic mass is 32.2. The molecule has 214 valence electrons. The van der Waals surface area contributed by atoms with Crippen molar-refractivity contribution in [2.75, 3.05) is 10.2 Å². The molecule has 1 fully saturated rings. The Morgan fingerprint density at radius 2 is 1.55 bits per heavy atom. The summed E-state index contributed by atoms with van der Waals surface area (Å²) in [4.78, 5) is 54.1. The molecular formula is C29H19F4N3O4S2. The van der Waals surface area contributed by atoms with Gasteiger partial charge in [-0.1, -0.05) is 65.6 Å². The lowest BCUT2D eigenvalue weighted by molar-refractivity contribution is -0.137. The molecule has 3 aromatic carbocycles. The lowest BCUT2D eigenvalue weighted by Crippen LogP contribution is -2.33. The van der Waals surface area contributed by atoms with Crippen molar-refractivity contribution in [3.63, 3.8) is 0 Å². The number of nitrogens with zero attached hydrogens (tertiary/aromatic N) is 2. The highest BCUT2D eigenvalue weighted by Gasteiger charge is 2.57. The fourth-order valence-electron chi connectivity index (χ4n) is 5.30. The lowest BCUT2D eigenvalue weighted by Gasteiger charge is -2.30. The van der Waals surface area contributed by atoms with Gasteiger partial charge < -0.3 is 5.32 Å². The van der Waals surface area contributed by atoms with Crippen LogP contribution in [0.3, 0.4) is 0 Å². The highest BCUT2D eigenvalue weighted by molar-refractivity contribution is 8.00. The molecule has 0 saturated carbocycles. The molecule has 0 spiro atoms. The summed E-state index contributed by atoms with van der Waals surface area (Å²) in [7, 11) is 0. The van der Waals surface area contributed by atoms with Crippen molar-refractivity contribution < 1.29 is 31.9 Å². The highest BCUT2D eigenvalue weighted by Crippen LogP contribution is 2.54. The summed E-state index contributed by atoms with van der Waals surface area (Å²) in [5.41, 5.74) is -0.817. The largest absolute Gasteiger partial charge is 0.418 e. The Balaban J connectivity index is 1.44. The van der Waals surface area contributed by atoms with Gasteiger partial charge in [-0.25, -0.2) is 9.29 Å². The number of hydrogen-bond acceptors (Lipinski definition) is 6. The topological polar surface area (TPSA) is 88.5 Å². The summed E-state index contributed by atoms with van der Waals surface area (Å²) in [5, 5.41) is 1.76. The minimum Gasteiger partial charge on any atom is -0.325 e. The molecule has 6 rings (SSSR count). The number of para-hydroxylation sites is 2. The van der Waals surface area contributed by atoms with Gasteiger partial charge in [-0.3, -0.25) is 23.7 Å². The van der Waals surface area contributed by atoms with E-state index in [1.165, 1.54) is 22.8 Å². The molecule has 3 heterocycles. The maximum atomic E-state index is 13.9. The number of amides is 3. The first-order valence-corrected chi connectivity index (χ1v) is 14.3. The van der Waals surface area contributed by atoms with E-state index in [0.717, 1.165) is 53.4 Å². The third kappa shape index (κ3) is 4.81. The molecule has 3 amide bonds. The van der Waals surface area contributed by atoms with E-state index in [4.69, 9.17) is 0 Å². The molecule has 2 aliphatic heterocycles. The third-order valence-corrected chi connectivity index (χ3v) is 9.69. The van der Waals surface area contributed by atoms with Crippen molar-refractivity contribution in [2.45, 2.75) is 28.9 Å². The van der Waals surface area contributed by atoms with E-state index < -0.39 is 69.5 Å². The predicted octanol–water partition coefficient (Wildman–Crippen LogP) is 5.50. The second-order valence-corrected chi connectivity index (χ2v) is 11.8. The maximum absolute atomic E-state index is 13.9. The Labute approximate surface area is 243 Å². The van der Waals surface area contributed by atoms with Crippen LogP contribution in [0.2, 0.25) is 0 Å². The summed E-state index contributed by atoms with van der Waals surface area (Å²) >= 11 is 1.65. The molecule has 3 atom stereocenters. The van der Waals surface area contributed by atoms with Crippen molar-refractivity contribution in [1.29, 1.82) is 0 Å². The molecule has 1 N–H and O–H groups in total. The molecule has 4 aromatic rings. The van der Waals surface area contributed by atoms with E-state index in [2.05, 4.69) is 5.32 Å². The van der Waals surface area contributed by atoms with Crippen LogP contribution < -0.4 is 15.1 Å². The molecule has 1 saturated heterocycles. The number of nitrogens with one attached hydrogen (secondary N) is 1. The zero-order chi connectivity index (χ0) is 29.8. The van der Waals surface area contributed by atoms with Gasteiger partial charge in [-0.2, -0.15) is 13.2 Å². The number of rotatable bonds is 5. The number of imide groups is 1. The summed E-state index contributed by atoms with van der Waals surface area (Å²) in [6, 6.07) is 18.0. The first kappa shape index (κ1) is 27.9. The number of aromatic nitrogens is 1. The van der Waals surface area contributed by atoms with Crippen LogP contribution in [-0.4, -0.2) is 27.5 Å². The minimum absolute atomic E-state index is 0.260. The Hall–Kier alpha value is -4.23. The standard InChI is InChI=1S/C29H19F4N3O4S2/c30-16-12-10-15(11-13-16)21-22-23(26(39)36(25(22)38)19-9-5-4-8-18(19)29(31,32)33)41-27-24(21)42-28(40)35(27)14-20(37)34-17-6-2-1-3-7-17/h1-13,21-23H,14H2,(H,34,37). The number of thiazole rings is 1. The number of benzene rings is 3. The number of hydrogen-bond donors (Lipinski definition) is 1. The zero-order valence-electron chi connectivity index (χ0n) is 21.3. The smallest absolute Gasteiger partial charge is 0.325 e. The minimum atomic E-state index is -4.83. The Morgan fingerprint density at radius 1 is 0.881 bits per heavy atom. The second kappa shape index (κ2) is 10.6. The van der Waals surface area contributed by atoms with E-state index in [0.29, 0.717) is 21.0 Å². The van der Waals surface area contributed by atoms with E-state index in [1.54, 1.807) is 30.3 Å². The summed E-state index contributed by atoms with van der Waals surface area (Å²) in [6.45, 7) is -0.400. The average Bonchev–Trinajstić information content (AvgIpc) is 3.39. The van der Waals surface area contributed by atoms with Crippen LogP contribution in [0.4, 0.5) is 28.9 Å². The van der Waals surface area contributed by atoms with Crippen LogP contribution in [-0.2, 0) is 27.1 Å². The van der Waals surface area contributed by atoms with Crippen LogP contribution >= 0.6 is 23.1 Å². The monoisotopic (exact) mass is 613 g/mol. The van der Waals surface area contributed by atoms with Crippen molar-refractivity contribution in [1.82, 2.24) is 4.57 Å². The molecule has 0 bridgehead atoms. The fourth-order valence-corrected chi connectivity index (χ4v) is 8.07. The molecule has 42 heavy (non-hydrogen) atoms. The molecule has 2 aliphatic rings. The normalized spacial score (nSPS) is 19.9. The molecule has 7 nitrogen and oxygen atoms in total. The second-order valence-electron chi connectivity index (χ2n) is 9.66. The van der Waals surface area contributed by atoms with Gasteiger partial charge in [0.25, 0.3) is 0 Å². The first-order chi connectivity index (χ1) is 20.0. The van der Waals surface area contributed by atoms with Crippen LogP contribution in [0, 0.1) is 11.7 Å². The number of thioether (sulfide) groups is 1. The molecule has 3 unspecified atom stereocenters. The number of alkyl halides is 3. The summed E-state index contributed by atoms with van der Waals surface area (Å²) in [5.74, 6) is -4.92. The Morgan fingerprint density at radius 3 is 2.24 bits per heavy atom. The number of fused-ring (bicyclic) bond motifs is 2. The van der Waals surface area contributed by atoms with Gasteiger partial charge in [0.15, 0.2) is 0 Å². The molecule has 0 aliphatic carbocycles. The average molecular weight is 614 g/mol. The first-order valence-electron chi connectivity index (χ1n) is 12.6. The maximum Gasteiger partial charge on any atom is 0.418 e. The molecule has 0 radical (unpaired) electrons. The van der Waals surface area contributed by atoms with Crippen molar-refractivity contribution in [3.8, 4) is 0 Å². The summed E-state index contributed by atoms with van der Waals surface area (Å²) < 4.78 is 56.7. The quantitative estimate of drug-likeness (QED) is 0.237. The van der Waals surface area contributed by atoms with Gasteiger partial charge in [0.2, 0.25) is 17.7 Å². The number of carbonyl (C=O) groups is 3. The SMILES string of the molecule is O=C(Cn1c2c(sc1=O)C(c1ccc(F)cc1)C1C(=O)N(c3ccccc3C(F)(F)F)C(=O)C1S2)Nc1ccccc1. The van der Waals surface area contributed by atoms with E-state index in [9.17, 15) is 36.7 Å². The van der Waals surface area contributed by atoms with Crippen LogP contribution in [0.1, 0.15) is 21.9 Å². The van der Waals surface area contributed by atoms with Crippen LogP contribution in [0.15, 0.2) is 88.7 Å². The van der Waals surface area contributed by atoms with E-state index in [1.807, 2.05) is 0 Å². The zero-order valence-corrected chi connectivity index (χ0v) is 22.9. The summed E-state index contributed by atoms with van der Waals surface area (Å²) in [6.07, 6.45) is -4.83. The molecular weight excluding hydrogens is 594 g/mol. The molecule has 1 aromatic heterocycles. The third-order valence-electron chi connectivity index (χ3n) is 7.09. The molecule has 13 heteroatoms. The van der Waals surface area contributed by atoms with E-state index in [-0.39, 0.29) is 5.03 Å². The van der Waals surface area contributed by atoms with E-state index >= 15 is 0 Å². The van der Waals surface area contributed by atoms with Gasteiger partial charge in [0.05, 0.1) is 22.2 Å². The fraction of sp³-hybridized carbons (Fsp3) is 0.172. The number of halogens is 4. The van der Waals surface area contributed by atoms with Gasteiger partial charge in [0, 0.05) is 16.5 Å². The van der Waals surface area contributed by atoms with Crippen molar-refractivity contribution in [2.24, 2.45) is 5.92 Å². The lowest BCUT2D eigenvalue weighted by atomic mass is 9.83. The van der Waals surface area contributed by atoms with Crippen molar-refractivity contribution in [3.05, 3.63) is 110 Å². The van der Waals surface area contributed by atoms with Gasteiger partial charge in [0.1, 0.15) is 17.6 Å². The van der Waals surface area contributed by atoms with Gasteiger partial charge >= 0.3 is 11.0 Å². The Bertz CT molecular complexity index is 1770. The predicted molar refractivity (Wildman–Crippen MR) is 149 cm³/mol. The van der Waals surface area contributed by atoms with Crippen LogP contribution in [0.25, 0.3) is 0 Å². The van der Waals surface area contributed by atoms with Crippen molar-refractivity contribution >= 4 is 52.2 Å². The number of anilines is 2. The van der Waals surface area contributed by atoms with Gasteiger partial charge in [-0.05, 0) is 42.0 Å².